The normalized spacial score (nSPS) is 11.5. The van der Waals surface area contributed by atoms with E-state index in [0.717, 1.165) is 22.1 Å². The molecule has 1 aromatic carbocycles. The van der Waals surface area contributed by atoms with Gasteiger partial charge in [-0.15, -0.1) is 0 Å². The van der Waals surface area contributed by atoms with Gasteiger partial charge in [-0.3, -0.25) is 4.90 Å². The van der Waals surface area contributed by atoms with Gasteiger partial charge in [-0.1, -0.05) is 12.1 Å². The first kappa shape index (κ1) is 15.7. The topological polar surface area (TPSA) is 73.9 Å². The lowest BCUT2D eigenvalue weighted by atomic mass is 10.0. The standard InChI is InChI=1S/C16H21NO4/c1-11-3-4-14-13(10-17(5-7-18)6-8-19)9-15(20)21-16(14)12(11)2/h3-4,9,18-19H,5-8,10H2,1-2H3. The van der Waals surface area contributed by atoms with Crippen LogP contribution in [0, 0.1) is 13.8 Å². The fourth-order valence-corrected chi connectivity index (χ4v) is 2.45. The molecule has 0 spiro atoms. The lowest BCUT2D eigenvalue weighted by molar-refractivity contribution is 0.156. The molecule has 1 heterocycles. The van der Waals surface area contributed by atoms with Crippen LogP contribution >= 0.6 is 0 Å². The maximum Gasteiger partial charge on any atom is 0.336 e. The molecule has 0 unspecified atom stereocenters. The summed E-state index contributed by atoms with van der Waals surface area (Å²) in [5, 5.41) is 19.1. The number of rotatable bonds is 6. The number of aryl methyl sites for hydroxylation is 2. The second-order valence-electron chi connectivity index (χ2n) is 5.20. The van der Waals surface area contributed by atoms with Crippen molar-refractivity contribution in [2.45, 2.75) is 20.4 Å². The van der Waals surface area contributed by atoms with E-state index in [9.17, 15) is 4.79 Å². The van der Waals surface area contributed by atoms with E-state index in [1.165, 1.54) is 6.07 Å². The van der Waals surface area contributed by atoms with E-state index in [2.05, 4.69) is 0 Å². The van der Waals surface area contributed by atoms with E-state index >= 15 is 0 Å². The average Bonchev–Trinajstić information content (AvgIpc) is 2.44. The highest BCUT2D eigenvalue weighted by Crippen LogP contribution is 2.24. The molecule has 2 aromatic rings. The minimum Gasteiger partial charge on any atom is -0.422 e. The van der Waals surface area contributed by atoms with Gasteiger partial charge in [-0.2, -0.15) is 0 Å². The summed E-state index contributed by atoms with van der Waals surface area (Å²) in [5.74, 6) is 0. The quantitative estimate of drug-likeness (QED) is 0.782. The highest BCUT2D eigenvalue weighted by atomic mass is 16.4. The second kappa shape index (κ2) is 6.85. The van der Waals surface area contributed by atoms with Gasteiger partial charge < -0.3 is 14.6 Å². The molecule has 0 amide bonds. The maximum absolute atomic E-state index is 11.8. The molecular formula is C16H21NO4. The predicted molar refractivity (Wildman–Crippen MR) is 81.4 cm³/mol. The van der Waals surface area contributed by atoms with Crippen LogP contribution in [0.5, 0.6) is 0 Å². The minimum absolute atomic E-state index is 0.0114. The molecule has 2 N–H and O–H groups in total. The van der Waals surface area contributed by atoms with Gasteiger partial charge in [0, 0.05) is 31.1 Å². The third-order valence-corrected chi connectivity index (χ3v) is 3.74. The predicted octanol–water partition coefficient (Wildman–Crippen LogP) is 1.20. The SMILES string of the molecule is Cc1ccc2c(CN(CCO)CCO)cc(=O)oc2c1C. The molecule has 0 saturated heterocycles. The van der Waals surface area contributed by atoms with Crippen molar-refractivity contribution in [2.75, 3.05) is 26.3 Å². The minimum atomic E-state index is -0.376. The molecule has 21 heavy (non-hydrogen) atoms. The van der Waals surface area contributed by atoms with Gasteiger partial charge >= 0.3 is 5.63 Å². The highest BCUT2D eigenvalue weighted by Gasteiger charge is 2.12. The summed E-state index contributed by atoms with van der Waals surface area (Å²) in [5.41, 5.74) is 3.13. The van der Waals surface area contributed by atoms with Gasteiger partial charge in [0.1, 0.15) is 5.58 Å². The molecule has 0 atom stereocenters. The van der Waals surface area contributed by atoms with E-state index in [0.29, 0.717) is 25.2 Å². The number of aliphatic hydroxyl groups excluding tert-OH is 2. The first-order valence-electron chi connectivity index (χ1n) is 7.04. The zero-order valence-electron chi connectivity index (χ0n) is 12.4. The van der Waals surface area contributed by atoms with Crippen LogP contribution in [0.25, 0.3) is 11.0 Å². The molecule has 0 aliphatic heterocycles. The van der Waals surface area contributed by atoms with E-state index < -0.39 is 0 Å². The lowest BCUT2D eigenvalue weighted by Crippen LogP contribution is -2.29. The third kappa shape index (κ3) is 3.50. The van der Waals surface area contributed by atoms with Crippen LogP contribution in [0.15, 0.2) is 27.4 Å². The molecule has 114 valence electrons. The Hall–Kier alpha value is -1.69. The van der Waals surface area contributed by atoms with Crippen molar-refractivity contribution in [2.24, 2.45) is 0 Å². The molecule has 0 aliphatic carbocycles. The summed E-state index contributed by atoms with van der Waals surface area (Å²) < 4.78 is 5.34. The fourth-order valence-electron chi connectivity index (χ4n) is 2.45. The van der Waals surface area contributed by atoms with Gasteiger partial charge in [0.05, 0.1) is 13.2 Å². The Bertz CT molecular complexity index is 672. The molecule has 1 aromatic heterocycles. The number of hydrogen-bond donors (Lipinski definition) is 2. The van der Waals surface area contributed by atoms with Crippen LogP contribution in [-0.4, -0.2) is 41.4 Å². The van der Waals surface area contributed by atoms with Crippen molar-refractivity contribution >= 4 is 11.0 Å². The van der Waals surface area contributed by atoms with Crippen LogP contribution in [0.3, 0.4) is 0 Å². The van der Waals surface area contributed by atoms with Gasteiger partial charge in [0.25, 0.3) is 0 Å². The highest BCUT2D eigenvalue weighted by molar-refractivity contribution is 5.83. The van der Waals surface area contributed by atoms with Crippen LogP contribution in [0.1, 0.15) is 16.7 Å². The molecular weight excluding hydrogens is 270 g/mol. The number of nitrogens with zero attached hydrogens (tertiary/aromatic N) is 1. The Labute approximate surface area is 123 Å². The van der Waals surface area contributed by atoms with E-state index in [4.69, 9.17) is 14.6 Å². The molecule has 5 heteroatoms. The Morgan fingerprint density at radius 1 is 1.14 bits per heavy atom. The van der Waals surface area contributed by atoms with Crippen molar-refractivity contribution in [3.63, 3.8) is 0 Å². The van der Waals surface area contributed by atoms with Gasteiger partial charge in [-0.25, -0.2) is 4.79 Å². The van der Waals surface area contributed by atoms with E-state index in [1.54, 1.807) is 0 Å². The summed E-state index contributed by atoms with van der Waals surface area (Å²) in [6.07, 6.45) is 0. The summed E-state index contributed by atoms with van der Waals surface area (Å²) in [6, 6.07) is 5.44. The fraction of sp³-hybridized carbons (Fsp3) is 0.438. The average molecular weight is 291 g/mol. The van der Waals surface area contributed by atoms with E-state index in [-0.39, 0.29) is 18.8 Å². The molecule has 0 radical (unpaired) electrons. The summed E-state index contributed by atoms with van der Waals surface area (Å²) in [7, 11) is 0. The maximum atomic E-state index is 11.8. The van der Waals surface area contributed by atoms with Gasteiger partial charge in [0.15, 0.2) is 0 Å². The van der Waals surface area contributed by atoms with Crippen molar-refractivity contribution in [3.8, 4) is 0 Å². The van der Waals surface area contributed by atoms with Crippen molar-refractivity contribution in [1.82, 2.24) is 4.90 Å². The van der Waals surface area contributed by atoms with Crippen LogP contribution in [0.4, 0.5) is 0 Å². The Morgan fingerprint density at radius 3 is 2.43 bits per heavy atom. The summed E-state index contributed by atoms with van der Waals surface area (Å²) >= 11 is 0. The zero-order valence-corrected chi connectivity index (χ0v) is 12.4. The van der Waals surface area contributed by atoms with Crippen LogP contribution in [0.2, 0.25) is 0 Å². The number of fused-ring (bicyclic) bond motifs is 1. The molecule has 0 fully saturated rings. The second-order valence-corrected chi connectivity index (χ2v) is 5.20. The first-order chi connectivity index (χ1) is 10.1. The lowest BCUT2D eigenvalue weighted by Gasteiger charge is -2.21. The Kier molecular flexibility index (Phi) is 5.12. The molecule has 0 saturated carbocycles. The molecule has 5 nitrogen and oxygen atoms in total. The summed E-state index contributed by atoms with van der Waals surface area (Å²) in [4.78, 5) is 13.7. The largest absolute Gasteiger partial charge is 0.422 e. The number of aliphatic hydroxyl groups is 2. The molecule has 2 rings (SSSR count). The van der Waals surface area contributed by atoms with Crippen molar-refractivity contribution in [3.05, 3.63) is 45.3 Å². The van der Waals surface area contributed by atoms with E-state index in [1.807, 2.05) is 30.9 Å². The van der Waals surface area contributed by atoms with Gasteiger partial charge in [0.2, 0.25) is 0 Å². The zero-order chi connectivity index (χ0) is 15.4. The van der Waals surface area contributed by atoms with Gasteiger partial charge in [-0.05, 0) is 30.5 Å². The monoisotopic (exact) mass is 291 g/mol. The molecule has 0 bridgehead atoms. The summed E-state index contributed by atoms with van der Waals surface area (Å²) in [6.45, 7) is 5.33. The Morgan fingerprint density at radius 2 is 1.81 bits per heavy atom. The first-order valence-corrected chi connectivity index (χ1v) is 7.04. The van der Waals surface area contributed by atoms with Crippen molar-refractivity contribution < 1.29 is 14.6 Å². The van der Waals surface area contributed by atoms with Crippen LogP contribution < -0.4 is 5.63 Å². The smallest absolute Gasteiger partial charge is 0.336 e. The van der Waals surface area contributed by atoms with Crippen LogP contribution in [-0.2, 0) is 6.54 Å². The molecule has 0 aliphatic rings. The van der Waals surface area contributed by atoms with Crippen molar-refractivity contribution in [1.29, 1.82) is 0 Å². The Balaban J connectivity index is 2.48. The number of benzene rings is 1. The number of hydrogen-bond acceptors (Lipinski definition) is 5. The third-order valence-electron chi connectivity index (χ3n) is 3.74.